The fraction of sp³-hybridized carbons (Fsp3) is 0.588. The van der Waals surface area contributed by atoms with Crippen LogP contribution in [0.1, 0.15) is 46.1 Å². The normalized spacial score (nSPS) is 11.9. The van der Waals surface area contributed by atoms with Gasteiger partial charge in [-0.2, -0.15) is 0 Å². The van der Waals surface area contributed by atoms with Gasteiger partial charge in [-0.1, -0.05) is 40.5 Å². The number of hydrogen-bond acceptors (Lipinski definition) is 2. The van der Waals surface area contributed by atoms with Crippen LogP contribution in [0, 0.1) is 5.92 Å². The molecule has 0 fully saturated rings. The van der Waals surface area contributed by atoms with Gasteiger partial charge in [-0.15, -0.1) is 0 Å². The molecule has 0 aliphatic rings. The van der Waals surface area contributed by atoms with E-state index in [1.165, 1.54) is 23.8 Å². The van der Waals surface area contributed by atoms with E-state index in [1.54, 1.807) is 0 Å². The molecular weight excluding hydrogens is 246 g/mol. The number of fused-ring (bicyclic) bond motifs is 1. The summed E-state index contributed by atoms with van der Waals surface area (Å²) in [6.45, 7) is 10.9. The molecule has 3 heteroatoms. The first-order valence-corrected chi connectivity index (χ1v) is 7.81. The molecule has 3 nitrogen and oxygen atoms in total. The molecule has 2 heterocycles. The molecule has 1 N–H and O–H groups in total. The molecule has 0 atom stereocenters. The highest BCUT2D eigenvalue weighted by Crippen LogP contribution is 2.22. The molecule has 20 heavy (non-hydrogen) atoms. The monoisotopic (exact) mass is 273 g/mol. The molecule has 2 rings (SSSR count). The van der Waals surface area contributed by atoms with Crippen molar-refractivity contribution in [2.24, 2.45) is 5.92 Å². The molecule has 0 aromatic carbocycles. The van der Waals surface area contributed by atoms with Crippen LogP contribution in [0.4, 0.5) is 0 Å². The van der Waals surface area contributed by atoms with Crippen LogP contribution in [0.15, 0.2) is 24.5 Å². The van der Waals surface area contributed by atoms with Crippen LogP contribution in [0.5, 0.6) is 0 Å². The van der Waals surface area contributed by atoms with E-state index < -0.39 is 0 Å². The van der Waals surface area contributed by atoms with Crippen LogP contribution in [0.3, 0.4) is 0 Å². The Labute approximate surface area is 122 Å². The summed E-state index contributed by atoms with van der Waals surface area (Å²) in [6, 6.07) is 4.72. The molecule has 0 amide bonds. The van der Waals surface area contributed by atoms with Gasteiger partial charge in [0, 0.05) is 36.9 Å². The van der Waals surface area contributed by atoms with Crippen LogP contribution >= 0.6 is 0 Å². The summed E-state index contributed by atoms with van der Waals surface area (Å²) in [4.78, 5) is 4.59. The van der Waals surface area contributed by atoms with E-state index >= 15 is 0 Å². The zero-order chi connectivity index (χ0) is 14.5. The largest absolute Gasteiger partial charge is 0.332 e. The summed E-state index contributed by atoms with van der Waals surface area (Å²) in [7, 11) is 0. The molecule has 0 spiro atoms. The SMILES string of the molecule is CCC(CC)Cn1cc(CNC(C)C)c2cccnc21. The van der Waals surface area contributed by atoms with Crippen molar-refractivity contribution in [1.82, 2.24) is 14.9 Å². The summed E-state index contributed by atoms with van der Waals surface area (Å²) in [5, 5.41) is 4.79. The zero-order valence-electron chi connectivity index (χ0n) is 13.2. The van der Waals surface area contributed by atoms with Gasteiger partial charge < -0.3 is 9.88 Å². The van der Waals surface area contributed by atoms with E-state index in [0.29, 0.717) is 6.04 Å². The van der Waals surface area contributed by atoms with E-state index in [0.717, 1.165) is 24.7 Å². The van der Waals surface area contributed by atoms with Crippen LogP contribution < -0.4 is 5.32 Å². The van der Waals surface area contributed by atoms with Crippen molar-refractivity contribution in [3.8, 4) is 0 Å². The van der Waals surface area contributed by atoms with Gasteiger partial charge >= 0.3 is 0 Å². The van der Waals surface area contributed by atoms with E-state index in [1.807, 2.05) is 12.3 Å². The molecule has 0 saturated carbocycles. The molecule has 0 bridgehead atoms. The Hall–Kier alpha value is -1.35. The number of aromatic nitrogens is 2. The average Bonchev–Trinajstić information content (AvgIpc) is 2.81. The Morgan fingerprint density at radius 3 is 2.65 bits per heavy atom. The van der Waals surface area contributed by atoms with Crippen molar-refractivity contribution in [3.05, 3.63) is 30.1 Å². The molecular formula is C17H27N3. The maximum atomic E-state index is 4.59. The number of hydrogen-bond donors (Lipinski definition) is 1. The second kappa shape index (κ2) is 6.89. The van der Waals surface area contributed by atoms with Crippen LogP contribution in [0.2, 0.25) is 0 Å². The van der Waals surface area contributed by atoms with Crippen molar-refractivity contribution in [2.75, 3.05) is 0 Å². The van der Waals surface area contributed by atoms with Crippen LogP contribution in [-0.2, 0) is 13.1 Å². The summed E-state index contributed by atoms with van der Waals surface area (Å²) in [5.74, 6) is 0.735. The van der Waals surface area contributed by atoms with Gasteiger partial charge in [0.25, 0.3) is 0 Å². The van der Waals surface area contributed by atoms with Crippen molar-refractivity contribution in [2.45, 2.75) is 59.7 Å². The summed E-state index contributed by atoms with van der Waals surface area (Å²) < 4.78 is 2.34. The van der Waals surface area contributed by atoms with Gasteiger partial charge in [-0.25, -0.2) is 4.98 Å². The van der Waals surface area contributed by atoms with Gasteiger partial charge in [-0.3, -0.25) is 0 Å². The Balaban J connectivity index is 2.30. The molecule has 2 aromatic heterocycles. The molecule has 0 saturated heterocycles. The van der Waals surface area contributed by atoms with Gasteiger partial charge in [0.2, 0.25) is 0 Å². The fourth-order valence-electron chi connectivity index (χ4n) is 2.61. The molecule has 0 radical (unpaired) electrons. The number of nitrogens with one attached hydrogen (secondary N) is 1. The lowest BCUT2D eigenvalue weighted by molar-refractivity contribution is 0.423. The minimum Gasteiger partial charge on any atom is -0.332 e. The lowest BCUT2D eigenvalue weighted by Gasteiger charge is -2.13. The van der Waals surface area contributed by atoms with Gasteiger partial charge in [-0.05, 0) is 23.6 Å². The Kier molecular flexibility index (Phi) is 5.18. The summed E-state index contributed by atoms with van der Waals surface area (Å²) in [5.41, 5.74) is 2.48. The number of pyridine rings is 1. The highest BCUT2D eigenvalue weighted by atomic mass is 15.0. The second-order valence-corrected chi connectivity index (χ2v) is 5.90. The quantitative estimate of drug-likeness (QED) is 0.827. The molecule has 110 valence electrons. The van der Waals surface area contributed by atoms with Crippen LogP contribution in [0.25, 0.3) is 11.0 Å². The number of nitrogens with zero attached hydrogens (tertiary/aromatic N) is 2. The van der Waals surface area contributed by atoms with Crippen molar-refractivity contribution in [1.29, 1.82) is 0 Å². The maximum Gasteiger partial charge on any atom is 0.140 e. The third kappa shape index (κ3) is 3.40. The first-order valence-electron chi connectivity index (χ1n) is 7.81. The molecule has 0 aliphatic heterocycles. The maximum absolute atomic E-state index is 4.59. The minimum atomic E-state index is 0.504. The average molecular weight is 273 g/mol. The lowest BCUT2D eigenvalue weighted by atomic mass is 10.0. The lowest BCUT2D eigenvalue weighted by Crippen LogP contribution is -2.21. The third-order valence-corrected chi connectivity index (χ3v) is 4.03. The van der Waals surface area contributed by atoms with Crippen molar-refractivity contribution in [3.63, 3.8) is 0 Å². The Morgan fingerprint density at radius 2 is 2.00 bits per heavy atom. The fourth-order valence-corrected chi connectivity index (χ4v) is 2.61. The summed E-state index contributed by atoms with van der Waals surface area (Å²) >= 11 is 0. The van der Waals surface area contributed by atoms with Crippen LogP contribution in [-0.4, -0.2) is 15.6 Å². The minimum absolute atomic E-state index is 0.504. The molecule has 0 unspecified atom stereocenters. The van der Waals surface area contributed by atoms with Crippen molar-refractivity contribution < 1.29 is 0 Å². The first kappa shape index (κ1) is 15.0. The Bertz CT molecular complexity index is 538. The van der Waals surface area contributed by atoms with E-state index in [-0.39, 0.29) is 0 Å². The Morgan fingerprint density at radius 1 is 1.25 bits per heavy atom. The highest BCUT2D eigenvalue weighted by molar-refractivity contribution is 5.80. The van der Waals surface area contributed by atoms with Crippen molar-refractivity contribution >= 4 is 11.0 Å². The van der Waals surface area contributed by atoms with E-state index in [4.69, 9.17) is 0 Å². The van der Waals surface area contributed by atoms with E-state index in [9.17, 15) is 0 Å². The number of rotatable bonds is 7. The summed E-state index contributed by atoms with van der Waals surface area (Å²) in [6.07, 6.45) is 6.63. The van der Waals surface area contributed by atoms with Gasteiger partial charge in [0.15, 0.2) is 0 Å². The standard InChI is InChI=1S/C17H27N3/c1-5-14(6-2)11-20-12-15(10-19-13(3)4)16-8-7-9-18-17(16)20/h7-9,12-14,19H,5-6,10-11H2,1-4H3. The van der Waals surface area contributed by atoms with Gasteiger partial charge in [0.05, 0.1) is 0 Å². The second-order valence-electron chi connectivity index (χ2n) is 5.90. The predicted molar refractivity (Wildman–Crippen MR) is 85.8 cm³/mol. The smallest absolute Gasteiger partial charge is 0.140 e. The molecule has 0 aliphatic carbocycles. The molecule has 2 aromatic rings. The predicted octanol–water partition coefficient (Wildman–Crippen LogP) is 3.97. The van der Waals surface area contributed by atoms with E-state index in [2.05, 4.69) is 54.8 Å². The highest BCUT2D eigenvalue weighted by Gasteiger charge is 2.12. The third-order valence-electron chi connectivity index (χ3n) is 4.03. The topological polar surface area (TPSA) is 29.9 Å². The first-order chi connectivity index (χ1) is 9.65. The zero-order valence-corrected chi connectivity index (χ0v) is 13.2. The van der Waals surface area contributed by atoms with Gasteiger partial charge in [0.1, 0.15) is 5.65 Å².